The number of nitro benzene ring substituents is 2. The van der Waals surface area contributed by atoms with E-state index in [-0.39, 0.29) is 17.9 Å². The third kappa shape index (κ3) is 5.61. The highest BCUT2D eigenvalue weighted by Gasteiger charge is 2.34. The van der Waals surface area contributed by atoms with Gasteiger partial charge in [-0.05, 0) is 44.0 Å². The predicted molar refractivity (Wildman–Crippen MR) is 117 cm³/mol. The van der Waals surface area contributed by atoms with Crippen LogP contribution in [0.4, 0.5) is 15.8 Å². The van der Waals surface area contributed by atoms with Crippen LogP contribution in [0.3, 0.4) is 0 Å². The molecule has 0 spiro atoms. The van der Waals surface area contributed by atoms with Crippen molar-refractivity contribution in [3.8, 4) is 5.75 Å². The lowest BCUT2D eigenvalue weighted by Crippen LogP contribution is -2.58. The van der Waals surface area contributed by atoms with Gasteiger partial charge in [0.1, 0.15) is 5.82 Å². The third-order valence-corrected chi connectivity index (χ3v) is 5.66. The number of hydrogen-bond acceptors (Lipinski definition) is 7. The summed E-state index contributed by atoms with van der Waals surface area (Å²) in [4.78, 5) is 37.9. The Morgan fingerprint density at radius 2 is 1.64 bits per heavy atom. The van der Waals surface area contributed by atoms with Crippen LogP contribution >= 0.6 is 0 Å². The first-order valence-corrected chi connectivity index (χ1v) is 10.4. The molecule has 2 aromatic carbocycles. The van der Waals surface area contributed by atoms with Crippen molar-refractivity contribution in [2.75, 3.05) is 19.7 Å². The first kappa shape index (κ1) is 24.1. The minimum atomic E-state index is -0.765. The van der Waals surface area contributed by atoms with Gasteiger partial charge in [-0.25, -0.2) is 4.39 Å². The highest BCUT2D eigenvalue weighted by atomic mass is 19.1. The van der Waals surface area contributed by atoms with E-state index in [4.69, 9.17) is 4.74 Å². The second-order valence-electron chi connectivity index (χ2n) is 8.24. The van der Waals surface area contributed by atoms with E-state index in [0.29, 0.717) is 25.2 Å². The summed E-state index contributed by atoms with van der Waals surface area (Å²) in [5.74, 6) is -1.25. The molecule has 0 bridgehead atoms. The Morgan fingerprint density at radius 3 is 2.18 bits per heavy atom. The van der Waals surface area contributed by atoms with Gasteiger partial charge in [-0.3, -0.25) is 29.9 Å². The van der Waals surface area contributed by atoms with E-state index in [1.165, 1.54) is 31.2 Å². The Morgan fingerprint density at radius 1 is 1.06 bits per heavy atom. The number of aryl methyl sites for hydroxylation is 1. The van der Waals surface area contributed by atoms with Crippen LogP contribution in [0, 0.1) is 33.0 Å². The van der Waals surface area contributed by atoms with Gasteiger partial charge in [0.25, 0.3) is 11.7 Å². The SMILES string of the molecule is Cc1cc([N+](=O)[O-])c(OCC(=O)N2CC(C)N(Cc3ccc(F)cc3)CC2C)c([N+](=O)[O-])c1. The van der Waals surface area contributed by atoms with E-state index >= 15 is 0 Å². The van der Waals surface area contributed by atoms with E-state index in [2.05, 4.69) is 4.90 Å². The topological polar surface area (TPSA) is 119 Å². The molecule has 2 unspecified atom stereocenters. The van der Waals surface area contributed by atoms with Gasteiger partial charge in [0, 0.05) is 43.9 Å². The maximum atomic E-state index is 13.2. The highest BCUT2D eigenvalue weighted by Crippen LogP contribution is 2.38. The summed E-state index contributed by atoms with van der Waals surface area (Å²) >= 11 is 0. The van der Waals surface area contributed by atoms with Gasteiger partial charge in [0.15, 0.2) is 6.61 Å². The lowest BCUT2D eigenvalue weighted by Gasteiger charge is -2.44. The Labute approximate surface area is 189 Å². The maximum absolute atomic E-state index is 13.2. The van der Waals surface area contributed by atoms with Gasteiger partial charge < -0.3 is 9.64 Å². The van der Waals surface area contributed by atoms with Crippen LogP contribution in [0.1, 0.15) is 25.0 Å². The number of carbonyl (C=O) groups excluding carboxylic acids is 1. The zero-order valence-corrected chi connectivity index (χ0v) is 18.6. The number of ether oxygens (including phenoxy) is 1. The summed E-state index contributed by atoms with van der Waals surface area (Å²) in [5.41, 5.74) is 0.185. The number of halogens is 1. The van der Waals surface area contributed by atoms with Crippen LogP contribution in [0.2, 0.25) is 0 Å². The molecule has 1 aliphatic heterocycles. The number of nitrogens with zero attached hydrogens (tertiary/aromatic N) is 4. The average Bonchev–Trinajstić information content (AvgIpc) is 2.75. The largest absolute Gasteiger partial charge is 0.472 e. The molecule has 33 heavy (non-hydrogen) atoms. The maximum Gasteiger partial charge on any atom is 0.318 e. The molecular weight excluding hydrogens is 435 g/mol. The molecule has 1 fully saturated rings. The Balaban J connectivity index is 1.69. The predicted octanol–water partition coefficient (Wildman–Crippen LogP) is 3.45. The van der Waals surface area contributed by atoms with Crippen LogP contribution in [0.5, 0.6) is 5.75 Å². The highest BCUT2D eigenvalue weighted by molar-refractivity contribution is 5.79. The first-order valence-electron chi connectivity index (χ1n) is 10.4. The molecule has 10 nitrogen and oxygen atoms in total. The van der Waals surface area contributed by atoms with Gasteiger partial charge in [0.05, 0.1) is 9.85 Å². The van der Waals surface area contributed by atoms with Crippen molar-refractivity contribution in [2.45, 2.75) is 39.4 Å². The number of carbonyl (C=O) groups is 1. The molecule has 0 N–H and O–H groups in total. The molecule has 1 aliphatic rings. The number of rotatable bonds is 7. The molecule has 1 amide bonds. The Bertz CT molecular complexity index is 1030. The number of hydrogen-bond donors (Lipinski definition) is 0. The van der Waals surface area contributed by atoms with Crippen LogP contribution in [-0.2, 0) is 11.3 Å². The van der Waals surface area contributed by atoms with Crippen LogP contribution < -0.4 is 4.74 Å². The molecule has 1 heterocycles. The summed E-state index contributed by atoms with van der Waals surface area (Å²) in [6.07, 6.45) is 0. The molecule has 2 aromatic rings. The van der Waals surface area contributed by atoms with E-state index in [1.54, 1.807) is 17.0 Å². The standard InChI is InChI=1S/C22H25FN4O6/c1-14-8-19(26(29)30)22(20(9-14)27(31)32)33-13-21(28)25-11-15(2)24(10-16(25)3)12-17-4-6-18(23)7-5-17/h4-9,15-16H,10-13H2,1-3H3. The fraction of sp³-hybridized carbons (Fsp3) is 0.409. The second-order valence-corrected chi connectivity index (χ2v) is 8.24. The molecule has 3 rings (SSSR count). The zero-order valence-electron chi connectivity index (χ0n) is 18.6. The molecule has 176 valence electrons. The monoisotopic (exact) mass is 460 g/mol. The van der Waals surface area contributed by atoms with E-state index in [9.17, 15) is 29.4 Å². The van der Waals surface area contributed by atoms with E-state index in [1.807, 2.05) is 13.8 Å². The molecule has 0 radical (unpaired) electrons. The Kier molecular flexibility index (Phi) is 7.22. The van der Waals surface area contributed by atoms with Crippen molar-refractivity contribution in [3.05, 3.63) is 73.6 Å². The fourth-order valence-electron chi connectivity index (χ4n) is 3.96. The average molecular weight is 460 g/mol. The number of piperazine rings is 1. The number of nitro groups is 2. The quantitative estimate of drug-likeness (QED) is 0.458. The van der Waals surface area contributed by atoms with Crippen molar-refractivity contribution < 1.29 is 23.8 Å². The third-order valence-electron chi connectivity index (χ3n) is 5.66. The van der Waals surface area contributed by atoms with Crippen LogP contribution in [0.25, 0.3) is 0 Å². The summed E-state index contributed by atoms with van der Waals surface area (Å²) in [6.45, 7) is 6.34. The summed E-state index contributed by atoms with van der Waals surface area (Å²) < 4.78 is 18.5. The molecule has 11 heteroatoms. The second kappa shape index (κ2) is 9.90. The molecule has 0 aromatic heterocycles. The molecule has 0 saturated carbocycles. The smallest absolute Gasteiger partial charge is 0.318 e. The molecule has 0 aliphatic carbocycles. The normalized spacial score (nSPS) is 18.7. The van der Waals surface area contributed by atoms with Crippen LogP contribution in [0.15, 0.2) is 36.4 Å². The number of benzene rings is 2. The zero-order chi connectivity index (χ0) is 24.3. The van der Waals surface area contributed by atoms with Gasteiger partial charge >= 0.3 is 11.4 Å². The van der Waals surface area contributed by atoms with Crippen molar-refractivity contribution in [1.82, 2.24) is 9.80 Å². The lowest BCUT2D eigenvalue weighted by atomic mass is 10.1. The van der Waals surface area contributed by atoms with Crippen LogP contribution in [-0.4, -0.2) is 57.3 Å². The van der Waals surface area contributed by atoms with E-state index in [0.717, 1.165) is 5.56 Å². The lowest BCUT2D eigenvalue weighted by molar-refractivity contribution is -0.396. The number of amides is 1. The molecule has 1 saturated heterocycles. The van der Waals surface area contributed by atoms with E-state index < -0.39 is 39.5 Å². The fourth-order valence-corrected chi connectivity index (χ4v) is 3.96. The van der Waals surface area contributed by atoms with Crippen molar-refractivity contribution in [3.63, 3.8) is 0 Å². The molecule has 2 atom stereocenters. The minimum Gasteiger partial charge on any atom is -0.472 e. The van der Waals surface area contributed by atoms with Gasteiger partial charge in [-0.2, -0.15) is 0 Å². The summed E-state index contributed by atoms with van der Waals surface area (Å²) in [5, 5.41) is 22.8. The van der Waals surface area contributed by atoms with Crippen molar-refractivity contribution in [2.24, 2.45) is 0 Å². The summed E-state index contributed by atoms with van der Waals surface area (Å²) in [6, 6.07) is 8.42. The van der Waals surface area contributed by atoms with Crippen molar-refractivity contribution in [1.29, 1.82) is 0 Å². The van der Waals surface area contributed by atoms with Crippen molar-refractivity contribution >= 4 is 17.3 Å². The Hall–Kier alpha value is -3.60. The van der Waals surface area contributed by atoms with Gasteiger partial charge in [-0.15, -0.1) is 0 Å². The van der Waals surface area contributed by atoms with Gasteiger partial charge in [0.2, 0.25) is 0 Å². The first-order chi connectivity index (χ1) is 15.6. The minimum absolute atomic E-state index is 0.00162. The summed E-state index contributed by atoms with van der Waals surface area (Å²) in [7, 11) is 0. The molecular formula is C22H25FN4O6. The van der Waals surface area contributed by atoms with Gasteiger partial charge in [-0.1, -0.05) is 12.1 Å².